The molecular weight excluding hydrogens is 396 g/mol. The SMILES string of the molecule is C[C@H](Nc1nccc(-n2cnc3cc(-c4ccc(C#N)cc4)ccc32)n1)c1ccccc1. The maximum absolute atomic E-state index is 9.00. The lowest BCUT2D eigenvalue weighted by Gasteiger charge is -2.14. The molecule has 0 radical (unpaired) electrons. The Hall–Kier alpha value is -4.50. The van der Waals surface area contributed by atoms with Crippen LogP contribution in [0.2, 0.25) is 0 Å². The summed E-state index contributed by atoms with van der Waals surface area (Å²) in [4.78, 5) is 13.7. The van der Waals surface area contributed by atoms with Crippen LogP contribution >= 0.6 is 0 Å². The monoisotopic (exact) mass is 416 g/mol. The van der Waals surface area contributed by atoms with Gasteiger partial charge in [0.25, 0.3) is 0 Å². The number of nitriles is 1. The number of imidazole rings is 1. The van der Waals surface area contributed by atoms with Gasteiger partial charge < -0.3 is 5.32 Å². The smallest absolute Gasteiger partial charge is 0.225 e. The maximum Gasteiger partial charge on any atom is 0.225 e. The summed E-state index contributed by atoms with van der Waals surface area (Å²) in [5, 5.41) is 12.4. The lowest BCUT2D eigenvalue weighted by Crippen LogP contribution is -2.10. The van der Waals surface area contributed by atoms with E-state index in [1.165, 1.54) is 5.56 Å². The molecule has 1 N–H and O–H groups in total. The van der Waals surface area contributed by atoms with Gasteiger partial charge in [0, 0.05) is 6.20 Å². The fourth-order valence-electron chi connectivity index (χ4n) is 3.68. The van der Waals surface area contributed by atoms with Gasteiger partial charge in [-0.25, -0.2) is 9.97 Å². The number of aromatic nitrogens is 4. The van der Waals surface area contributed by atoms with Crippen molar-refractivity contribution in [2.75, 3.05) is 5.32 Å². The van der Waals surface area contributed by atoms with Gasteiger partial charge in [-0.15, -0.1) is 0 Å². The molecule has 0 aliphatic carbocycles. The molecule has 0 saturated carbocycles. The Kier molecular flexibility index (Phi) is 5.06. The normalized spacial score (nSPS) is 11.8. The minimum absolute atomic E-state index is 0.0842. The maximum atomic E-state index is 9.00. The summed E-state index contributed by atoms with van der Waals surface area (Å²) in [5.74, 6) is 1.31. The summed E-state index contributed by atoms with van der Waals surface area (Å²) >= 11 is 0. The van der Waals surface area contributed by atoms with Crippen LogP contribution in [0.25, 0.3) is 28.0 Å². The summed E-state index contributed by atoms with van der Waals surface area (Å²) < 4.78 is 1.96. The third-order valence-corrected chi connectivity index (χ3v) is 5.43. The van der Waals surface area contributed by atoms with Crippen LogP contribution in [0.15, 0.2) is 91.4 Å². The number of rotatable bonds is 5. The van der Waals surface area contributed by atoms with E-state index in [9.17, 15) is 0 Å². The first-order valence-electron chi connectivity index (χ1n) is 10.3. The van der Waals surface area contributed by atoms with Crippen LogP contribution < -0.4 is 5.32 Å². The van der Waals surface area contributed by atoms with E-state index in [0.29, 0.717) is 11.5 Å². The van der Waals surface area contributed by atoms with Gasteiger partial charge in [-0.2, -0.15) is 10.2 Å². The molecule has 0 fully saturated rings. The van der Waals surface area contributed by atoms with Crippen molar-refractivity contribution in [2.45, 2.75) is 13.0 Å². The first-order chi connectivity index (χ1) is 15.7. The third-order valence-electron chi connectivity index (χ3n) is 5.43. The Morgan fingerprint density at radius 3 is 2.47 bits per heavy atom. The number of benzene rings is 3. The first-order valence-corrected chi connectivity index (χ1v) is 10.3. The molecule has 0 aliphatic rings. The molecule has 0 unspecified atom stereocenters. The molecule has 0 spiro atoms. The van der Waals surface area contributed by atoms with Gasteiger partial charge in [-0.1, -0.05) is 48.5 Å². The Morgan fingerprint density at radius 1 is 0.906 bits per heavy atom. The highest BCUT2D eigenvalue weighted by Crippen LogP contribution is 2.26. The highest BCUT2D eigenvalue weighted by molar-refractivity contribution is 5.83. The van der Waals surface area contributed by atoms with Gasteiger partial charge in [0.2, 0.25) is 5.95 Å². The average Bonchev–Trinajstić information content (AvgIpc) is 3.28. The van der Waals surface area contributed by atoms with Crippen LogP contribution in [-0.4, -0.2) is 19.5 Å². The van der Waals surface area contributed by atoms with Crippen LogP contribution in [0.4, 0.5) is 5.95 Å². The van der Waals surface area contributed by atoms with Crippen molar-refractivity contribution in [2.24, 2.45) is 0 Å². The van der Waals surface area contributed by atoms with E-state index in [2.05, 4.69) is 46.5 Å². The van der Waals surface area contributed by atoms with Gasteiger partial charge in [0.15, 0.2) is 0 Å². The quantitative estimate of drug-likeness (QED) is 0.408. The van der Waals surface area contributed by atoms with E-state index >= 15 is 0 Å². The van der Waals surface area contributed by atoms with Crippen LogP contribution in [0.5, 0.6) is 0 Å². The average molecular weight is 416 g/mol. The van der Waals surface area contributed by atoms with Gasteiger partial charge in [0.05, 0.1) is 28.7 Å². The molecule has 6 nitrogen and oxygen atoms in total. The summed E-state index contributed by atoms with van der Waals surface area (Å²) in [7, 11) is 0. The molecule has 5 aromatic rings. The Labute approximate surface area is 185 Å². The van der Waals surface area contributed by atoms with Crippen molar-refractivity contribution in [3.8, 4) is 23.0 Å². The van der Waals surface area contributed by atoms with Crippen molar-refractivity contribution < 1.29 is 0 Å². The van der Waals surface area contributed by atoms with E-state index in [-0.39, 0.29) is 6.04 Å². The van der Waals surface area contributed by atoms with Gasteiger partial charge in [-0.3, -0.25) is 4.57 Å². The van der Waals surface area contributed by atoms with Crippen molar-refractivity contribution in [3.63, 3.8) is 0 Å². The second-order valence-corrected chi connectivity index (χ2v) is 7.52. The summed E-state index contributed by atoms with van der Waals surface area (Å²) in [6.45, 7) is 2.09. The molecule has 2 aromatic heterocycles. The molecular formula is C26H20N6. The minimum atomic E-state index is 0.0842. The first kappa shape index (κ1) is 19.5. The van der Waals surface area contributed by atoms with Crippen LogP contribution in [0.3, 0.4) is 0 Å². The molecule has 32 heavy (non-hydrogen) atoms. The topological polar surface area (TPSA) is 79.4 Å². The largest absolute Gasteiger partial charge is 0.348 e. The van der Waals surface area contributed by atoms with Crippen molar-refractivity contribution in [3.05, 3.63) is 103 Å². The van der Waals surface area contributed by atoms with Crippen LogP contribution in [0.1, 0.15) is 24.1 Å². The van der Waals surface area contributed by atoms with Crippen LogP contribution in [-0.2, 0) is 0 Å². The van der Waals surface area contributed by atoms with E-state index in [0.717, 1.165) is 28.0 Å². The van der Waals surface area contributed by atoms with E-state index in [1.807, 2.05) is 65.2 Å². The lowest BCUT2D eigenvalue weighted by atomic mass is 10.0. The van der Waals surface area contributed by atoms with Crippen molar-refractivity contribution >= 4 is 17.0 Å². The summed E-state index contributed by atoms with van der Waals surface area (Å²) in [6.07, 6.45) is 3.53. The molecule has 2 heterocycles. The van der Waals surface area contributed by atoms with Crippen LogP contribution in [0, 0.1) is 11.3 Å². The number of nitrogens with one attached hydrogen (secondary N) is 1. The second kappa shape index (κ2) is 8.32. The summed E-state index contributed by atoms with van der Waals surface area (Å²) in [5.41, 5.74) is 5.75. The zero-order valence-electron chi connectivity index (χ0n) is 17.5. The number of hydrogen-bond acceptors (Lipinski definition) is 5. The summed E-state index contributed by atoms with van der Waals surface area (Å²) in [6, 6.07) is 28.0. The van der Waals surface area contributed by atoms with E-state index < -0.39 is 0 Å². The van der Waals surface area contributed by atoms with E-state index in [1.54, 1.807) is 12.5 Å². The molecule has 154 valence electrons. The number of hydrogen-bond donors (Lipinski definition) is 1. The third kappa shape index (κ3) is 3.80. The lowest BCUT2D eigenvalue weighted by molar-refractivity contribution is 0.854. The fraction of sp³-hybridized carbons (Fsp3) is 0.0769. The Bertz CT molecular complexity index is 1410. The molecule has 3 aromatic carbocycles. The zero-order chi connectivity index (χ0) is 21.9. The molecule has 0 bridgehead atoms. The molecule has 1 atom stereocenters. The zero-order valence-corrected chi connectivity index (χ0v) is 17.5. The molecule has 0 amide bonds. The predicted octanol–water partition coefficient (Wildman–Crippen LogP) is 5.53. The van der Waals surface area contributed by atoms with Gasteiger partial charge >= 0.3 is 0 Å². The van der Waals surface area contributed by atoms with E-state index in [4.69, 9.17) is 10.2 Å². The standard InChI is InChI=1S/C26H20N6/c1-18(20-5-3-2-4-6-20)30-26-28-14-13-25(31-26)32-17-29-23-15-22(11-12-24(23)32)21-9-7-19(16-27)8-10-21/h2-15,17-18H,1H3,(H,28,30,31)/t18-/m0/s1. The number of nitrogens with zero attached hydrogens (tertiary/aromatic N) is 5. The second-order valence-electron chi connectivity index (χ2n) is 7.52. The van der Waals surface area contributed by atoms with Gasteiger partial charge in [-0.05, 0) is 53.9 Å². The fourth-order valence-corrected chi connectivity index (χ4v) is 3.68. The Balaban J connectivity index is 1.43. The minimum Gasteiger partial charge on any atom is -0.348 e. The highest BCUT2D eigenvalue weighted by Gasteiger charge is 2.11. The van der Waals surface area contributed by atoms with Gasteiger partial charge in [0.1, 0.15) is 12.1 Å². The molecule has 0 saturated heterocycles. The van der Waals surface area contributed by atoms with Crippen molar-refractivity contribution in [1.29, 1.82) is 5.26 Å². The predicted molar refractivity (Wildman–Crippen MR) is 125 cm³/mol. The number of anilines is 1. The molecule has 6 heteroatoms. The number of fused-ring (bicyclic) bond motifs is 1. The van der Waals surface area contributed by atoms with Crippen molar-refractivity contribution in [1.82, 2.24) is 19.5 Å². The molecule has 5 rings (SSSR count). The highest BCUT2D eigenvalue weighted by atomic mass is 15.2. The molecule has 0 aliphatic heterocycles. The Morgan fingerprint density at radius 2 is 1.69 bits per heavy atom.